The van der Waals surface area contributed by atoms with Gasteiger partial charge < -0.3 is 15.2 Å². The molecule has 9 nitrogen and oxygen atoms in total. The molecule has 9 heteroatoms. The number of carbonyl (C=O) groups excluding carboxylic acids is 1. The van der Waals surface area contributed by atoms with Crippen molar-refractivity contribution in [3.8, 4) is 11.7 Å². The Morgan fingerprint density at radius 1 is 1.25 bits per heavy atom. The number of nitrogens with one attached hydrogen (secondary N) is 1. The van der Waals surface area contributed by atoms with Crippen LogP contribution < -0.4 is 10.1 Å². The van der Waals surface area contributed by atoms with Crippen molar-refractivity contribution >= 4 is 5.91 Å². The van der Waals surface area contributed by atoms with E-state index in [4.69, 9.17) is 4.74 Å². The average molecular weight is 380 g/mol. The largest absolute Gasteiger partial charge is 0.481 e. The average Bonchev–Trinajstić information content (AvgIpc) is 3.25. The van der Waals surface area contributed by atoms with Gasteiger partial charge in [0.05, 0.1) is 19.3 Å². The van der Waals surface area contributed by atoms with E-state index in [1.807, 2.05) is 6.07 Å². The summed E-state index contributed by atoms with van der Waals surface area (Å²) in [6.07, 6.45) is 5.66. The van der Waals surface area contributed by atoms with Crippen molar-refractivity contribution in [2.45, 2.75) is 25.0 Å². The zero-order chi connectivity index (χ0) is 19.5. The number of aliphatic hydroxyl groups is 1. The zero-order valence-electron chi connectivity index (χ0n) is 15.3. The Kier molecular flexibility index (Phi) is 4.98. The van der Waals surface area contributed by atoms with Crippen molar-refractivity contribution in [1.29, 1.82) is 0 Å². The van der Waals surface area contributed by atoms with Crippen LogP contribution in [0, 0.1) is 5.92 Å². The third-order valence-corrected chi connectivity index (χ3v) is 4.89. The van der Waals surface area contributed by atoms with E-state index in [9.17, 15) is 9.90 Å². The summed E-state index contributed by atoms with van der Waals surface area (Å²) in [7, 11) is 1.55. The van der Waals surface area contributed by atoms with Gasteiger partial charge in [-0.2, -0.15) is 0 Å². The first-order valence-corrected chi connectivity index (χ1v) is 8.95. The standard InChI is InChI=1S/C19H20N6O3/c1-28-17-6-5-12(9-20-17)18(13-7-14(26)8-13)24-19(27)15-3-2-4-16(23-15)25-10-21-22-11-25/h2-6,9-11,13-14,18,26H,7-8H2,1H3,(H,24,27)/t13?,14?,18-/m1/s1. The Balaban J connectivity index is 1.56. The lowest BCUT2D eigenvalue weighted by molar-refractivity contribution is 0.0234. The van der Waals surface area contributed by atoms with Crippen LogP contribution in [0.15, 0.2) is 49.2 Å². The third kappa shape index (κ3) is 3.70. The van der Waals surface area contributed by atoms with Crippen molar-refractivity contribution in [3.63, 3.8) is 0 Å². The lowest BCUT2D eigenvalue weighted by Crippen LogP contribution is -2.41. The number of methoxy groups -OCH3 is 1. The molecule has 3 aromatic heterocycles. The molecule has 0 bridgehead atoms. The van der Waals surface area contributed by atoms with Gasteiger partial charge in [-0.25, -0.2) is 9.97 Å². The Hall–Kier alpha value is -3.33. The van der Waals surface area contributed by atoms with Gasteiger partial charge in [0.25, 0.3) is 5.91 Å². The van der Waals surface area contributed by atoms with Gasteiger partial charge in [-0.3, -0.25) is 9.36 Å². The Bertz CT molecular complexity index is 939. The number of pyridine rings is 2. The summed E-state index contributed by atoms with van der Waals surface area (Å²) in [6.45, 7) is 0. The molecule has 1 saturated carbocycles. The number of ether oxygens (including phenoxy) is 1. The smallest absolute Gasteiger partial charge is 0.270 e. The molecule has 0 radical (unpaired) electrons. The van der Waals surface area contributed by atoms with E-state index in [1.165, 1.54) is 12.7 Å². The van der Waals surface area contributed by atoms with Crippen LogP contribution in [0.4, 0.5) is 0 Å². The lowest BCUT2D eigenvalue weighted by Gasteiger charge is -2.38. The fourth-order valence-electron chi connectivity index (χ4n) is 3.30. The zero-order valence-corrected chi connectivity index (χ0v) is 15.3. The number of aromatic nitrogens is 5. The number of hydrogen-bond donors (Lipinski definition) is 2. The Labute approximate surface area is 161 Å². The maximum atomic E-state index is 12.9. The van der Waals surface area contributed by atoms with Crippen LogP contribution in [0.3, 0.4) is 0 Å². The number of nitrogens with zero attached hydrogens (tertiary/aromatic N) is 5. The predicted octanol–water partition coefficient (Wildman–Crippen LogP) is 1.31. The summed E-state index contributed by atoms with van der Waals surface area (Å²) in [4.78, 5) is 21.5. The van der Waals surface area contributed by atoms with E-state index in [0.717, 1.165) is 5.56 Å². The van der Waals surface area contributed by atoms with E-state index < -0.39 is 0 Å². The van der Waals surface area contributed by atoms with Gasteiger partial charge in [0.15, 0.2) is 0 Å². The molecule has 0 spiro atoms. The Morgan fingerprint density at radius 2 is 2.04 bits per heavy atom. The van der Waals surface area contributed by atoms with Crippen LogP contribution in [0.2, 0.25) is 0 Å². The molecule has 0 unspecified atom stereocenters. The molecule has 1 atom stereocenters. The molecule has 1 fully saturated rings. The van der Waals surface area contributed by atoms with Gasteiger partial charge in [-0.05, 0) is 36.5 Å². The minimum atomic E-state index is -0.328. The van der Waals surface area contributed by atoms with E-state index in [2.05, 4.69) is 25.5 Å². The maximum absolute atomic E-state index is 12.9. The fraction of sp³-hybridized carbons (Fsp3) is 0.316. The first-order valence-electron chi connectivity index (χ1n) is 8.95. The first kappa shape index (κ1) is 18.1. The summed E-state index contributed by atoms with van der Waals surface area (Å²) >= 11 is 0. The third-order valence-electron chi connectivity index (χ3n) is 4.89. The van der Waals surface area contributed by atoms with E-state index in [1.54, 1.807) is 42.1 Å². The second-order valence-corrected chi connectivity index (χ2v) is 6.72. The van der Waals surface area contributed by atoms with E-state index in [-0.39, 0.29) is 29.7 Å². The summed E-state index contributed by atoms with van der Waals surface area (Å²) in [5.41, 5.74) is 1.15. The van der Waals surface area contributed by atoms with Gasteiger partial charge in [0.2, 0.25) is 5.88 Å². The summed E-state index contributed by atoms with van der Waals surface area (Å²) in [6, 6.07) is 8.55. The highest BCUT2D eigenvalue weighted by Crippen LogP contribution is 2.38. The Morgan fingerprint density at radius 3 is 2.68 bits per heavy atom. The molecule has 1 aliphatic rings. The molecule has 1 aliphatic carbocycles. The second-order valence-electron chi connectivity index (χ2n) is 6.72. The molecule has 3 heterocycles. The molecule has 28 heavy (non-hydrogen) atoms. The van der Waals surface area contributed by atoms with Gasteiger partial charge >= 0.3 is 0 Å². The number of hydrogen-bond acceptors (Lipinski definition) is 7. The second kappa shape index (κ2) is 7.73. The number of amides is 1. The molecule has 0 saturated heterocycles. The van der Waals surface area contributed by atoms with E-state index in [0.29, 0.717) is 24.5 Å². The van der Waals surface area contributed by atoms with Crippen LogP contribution >= 0.6 is 0 Å². The lowest BCUT2D eigenvalue weighted by atomic mass is 9.75. The van der Waals surface area contributed by atoms with Crippen LogP contribution in [0.25, 0.3) is 5.82 Å². The van der Waals surface area contributed by atoms with Gasteiger partial charge in [0.1, 0.15) is 24.2 Å². The highest BCUT2D eigenvalue weighted by atomic mass is 16.5. The van der Waals surface area contributed by atoms with Crippen molar-refractivity contribution < 1.29 is 14.6 Å². The first-order chi connectivity index (χ1) is 13.6. The topological polar surface area (TPSA) is 115 Å². The van der Waals surface area contributed by atoms with Crippen LogP contribution in [0.1, 0.15) is 34.9 Å². The normalized spacial score (nSPS) is 19.5. The number of aliphatic hydroxyl groups excluding tert-OH is 1. The minimum absolute atomic E-state index is 0.134. The molecule has 1 amide bonds. The maximum Gasteiger partial charge on any atom is 0.270 e. The molecule has 3 aromatic rings. The molecular formula is C19H20N6O3. The SMILES string of the molecule is COc1ccc([C@@H](NC(=O)c2cccc(-n3cnnc3)n2)C2CC(O)C2)cn1. The fourth-order valence-corrected chi connectivity index (χ4v) is 3.30. The highest BCUT2D eigenvalue weighted by Gasteiger charge is 2.36. The molecule has 0 aliphatic heterocycles. The van der Waals surface area contributed by atoms with Gasteiger partial charge in [0, 0.05) is 12.3 Å². The van der Waals surface area contributed by atoms with Gasteiger partial charge in [-0.1, -0.05) is 12.1 Å². The predicted molar refractivity (Wildman–Crippen MR) is 98.9 cm³/mol. The van der Waals surface area contributed by atoms with Gasteiger partial charge in [-0.15, -0.1) is 10.2 Å². The minimum Gasteiger partial charge on any atom is -0.481 e. The molecule has 144 valence electrons. The highest BCUT2D eigenvalue weighted by molar-refractivity contribution is 5.92. The quantitative estimate of drug-likeness (QED) is 0.662. The van der Waals surface area contributed by atoms with Crippen molar-refractivity contribution in [1.82, 2.24) is 30.0 Å². The van der Waals surface area contributed by atoms with Crippen molar-refractivity contribution in [2.75, 3.05) is 7.11 Å². The molecule has 0 aromatic carbocycles. The molecule has 2 N–H and O–H groups in total. The van der Waals surface area contributed by atoms with Crippen LogP contribution in [-0.4, -0.2) is 49.0 Å². The molecule has 4 rings (SSSR count). The van der Waals surface area contributed by atoms with E-state index >= 15 is 0 Å². The number of carbonyl (C=O) groups is 1. The summed E-state index contributed by atoms with van der Waals surface area (Å²) < 4.78 is 6.73. The van der Waals surface area contributed by atoms with Crippen LogP contribution in [-0.2, 0) is 0 Å². The summed E-state index contributed by atoms with van der Waals surface area (Å²) in [5, 5.41) is 20.3. The van der Waals surface area contributed by atoms with Crippen molar-refractivity contribution in [3.05, 3.63) is 60.4 Å². The summed E-state index contributed by atoms with van der Waals surface area (Å²) in [5.74, 6) is 0.900. The molecular weight excluding hydrogens is 360 g/mol. The van der Waals surface area contributed by atoms with Crippen LogP contribution in [0.5, 0.6) is 5.88 Å². The number of rotatable bonds is 6. The monoisotopic (exact) mass is 380 g/mol. The van der Waals surface area contributed by atoms with Crippen molar-refractivity contribution in [2.24, 2.45) is 5.92 Å².